The van der Waals surface area contributed by atoms with Crippen molar-refractivity contribution in [3.8, 4) is 0 Å². The molecule has 1 amide bonds. The molecule has 3 heterocycles. The summed E-state index contributed by atoms with van der Waals surface area (Å²) in [6.07, 6.45) is 8.04. The smallest absolute Gasteiger partial charge is 0.238 e. The van der Waals surface area contributed by atoms with Gasteiger partial charge in [0.2, 0.25) is 5.91 Å². The van der Waals surface area contributed by atoms with Crippen molar-refractivity contribution in [3.05, 3.63) is 142 Å². The fraction of sp³-hybridized carbons (Fsp3) is 0.237. The first kappa shape index (κ1) is 28.0. The third-order valence-electron chi connectivity index (χ3n) is 9.56. The molecule has 5 nitrogen and oxygen atoms in total. The third kappa shape index (κ3) is 4.23. The number of benzene rings is 4. The highest BCUT2D eigenvalue weighted by Gasteiger charge is 2.70. The molecule has 0 bridgehead atoms. The summed E-state index contributed by atoms with van der Waals surface area (Å²) >= 11 is 0. The number of ketones is 2. The minimum absolute atomic E-state index is 0.266. The lowest BCUT2D eigenvalue weighted by atomic mass is 9.62. The molecule has 7 rings (SSSR count). The summed E-state index contributed by atoms with van der Waals surface area (Å²) in [5.41, 5.74) is 3.65. The van der Waals surface area contributed by atoms with E-state index in [2.05, 4.69) is 12.2 Å². The Bertz CT molecular complexity index is 1800. The molecule has 0 aromatic heterocycles. The van der Waals surface area contributed by atoms with Crippen molar-refractivity contribution >= 4 is 29.2 Å². The van der Waals surface area contributed by atoms with Crippen LogP contribution in [0.25, 0.3) is 6.08 Å². The maximum Gasteiger partial charge on any atom is 0.238 e. The number of unbranched alkanes of at least 4 members (excludes halogenated alkanes) is 2. The van der Waals surface area contributed by atoms with Crippen molar-refractivity contribution in [1.82, 2.24) is 4.90 Å². The van der Waals surface area contributed by atoms with E-state index in [1.807, 2.05) is 90.0 Å². The zero-order valence-electron chi connectivity index (χ0n) is 24.5. The van der Waals surface area contributed by atoms with E-state index in [4.69, 9.17) is 0 Å². The van der Waals surface area contributed by atoms with Crippen molar-refractivity contribution in [2.45, 2.75) is 50.1 Å². The van der Waals surface area contributed by atoms with Crippen LogP contribution in [0.5, 0.6) is 0 Å². The van der Waals surface area contributed by atoms with Gasteiger partial charge in [-0.3, -0.25) is 14.4 Å². The summed E-state index contributed by atoms with van der Waals surface area (Å²) in [7, 11) is 0. The van der Waals surface area contributed by atoms with Gasteiger partial charge in [-0.05, 0) is 71.5 Å². The van der Waals surface area contributed by atoms with Gasteiger partial charge in [-0.1, -0.05) is 86.5 Å². The molecule has 1 fully saturated rings. The first-order chi connectivity index (χ1) is 21.4. The Kier molecular flexibility index (Phi) is 7.00. The Morgan fingerprint density at radius 3 is 2.30 bits per heavy atom. The largest absolute Gasteiger partial charge is 0.358 e. The fourth-order valence-electron chi connectivity index (χ4n) is 7.55. The molecule has 4 aromatic carbocycles. The van der Waals surface area contributed by atoms with E-state index in [0.717, 1.165) is 42.4 Å². The molecule has 0 radical (unpaired) electrons. The SMILES string of the molecule is CCCCCc1ccc(C(=O)[C@@H]2[C@H](C(=O)c3ccc(F)cc3)N3C=Cc4ccccc4[C@@H]3[C@@]23C(=O)Nc2ccccc23)cc1. The van der Waals surface area contributed by atoms with Crippen molar-refractivity contribution < 1.29 is 18.8 Å². The van der Waals surface area contributed by atoms with Crippen LogP contribution >= 0.6 is 0 Å². The molecule has 4 aromatic rings. The lowest BCUT2D eigenvalue weighted by molar-refractivity contribution is -0.122. The summed E-state index contributed by atoms with van der Waals surface area (Å²) in [6.45, 7) is 2.17. The van der Waals surface area contributed by atoms with E-state index >= 15 is 0 Å². The van der Waals surface area contributed by atoms with Gasteiger partial charge in [-0.25, -0.2) is 4.39 Å². The van der Waals surface area contributed by atoms with Crippen LogP contribution < -0.4 is 5.32 Å². The summed E-state index contributed by atoms with van der Waals surface area (Å²) in [5.74, 6) is -2.41. The standard InChI is InChI=1S/C38H33FN2O3/c1-2-3-4-9-24-14-16-26(17-15-24)34(42)32-33(35(43)27-18-20-28(39)21-19-27)41-23-22-25-10-5-6-11-29(25)36(41)38(32)30-12-7-8-13-31(30)40-37(38)44/h5-8,10-23,32-33,36H,2-4,9H2,1H3,(H,40,44)/t32-,33+,36+,38-/m0/s1. The highest BCUT2D eigenvalue weighted by Crippen LogP contribution is 2.62. The summed E-state index contributed by atoms with van der Waals surface area (Å²) in [5, 5.41) is 3.07. The molecule has 1 spiro atoms. The number of nitrogens with zero attached hydrogens (tertiary/aromatic N) is 1. The number of aryl methyl sites for hydroxylation is 1. The van der Waals surface area contributed by atoms with Gasteiger partial charge in [0.15, 0.2) is 11.6 Å². The molecule has 4 atom stereocenters. The van der Waals surface area contributed by atoms with Gasteiger partial charge in [0.05, 0.1) is 12.0 Å². The van der Waals surface area contributed by atoms with Gasteiger partial charge in [-0.2, -0.15) is 0 Å². The molecule has 0 unspecified atom stereocenters. The number of hydrogen-bond acceptors (Lipinski definition) is 4. The number of fused-ring (bicyclic) bond motifs is 6. The van der Waals surface area contributed by atoms with Crippen LogP contribution in [0, 0.1) is 11.7 Å². The topological polar surface area (TPSA) is 66.5 Å². The first-order valence-electron chi connectivity index (χ1n) is 15.3. The Hall–Kier alpha value is -4.84. The number of carbonyl (C=O) groups is 3. The van der Waals surface area contributed by atoms with Crippen LogP contribution in [-0.2, 0) is 16.6 Å². The predicted molar refractivity (Wildman–Crippen MR) is 169 cm³/mol. The average Bonchev–Trinajstić information content (AvgIpc) is 3.53. The normalized spacial score (nSPS) is 22.8. The van der Waals surface area contributed by atoms with E-state index in [1.165, 1.54) is 24.3 Å². The van der Waals surface area contributed by atoms with Crippen LogP contribution in [-0.4, -0.2) is 28.4 Å². The average molecular weight is 585 g/mol. The molecule has 3 aliphatic rings. The highest BCUT2D eigenvalue weighted by atomic mass is 19.1. The Morgan fingerprint density at radius 1 is 0.841 bits per heavy atom. The first-order valence-corrected chi connectivity index (χ1v) is 15.3. The number of para-hydroxylation sites is 1. The van der Waals surface area contributed by atoms with Crippen molar-refractivity contribution in [1.29, 1.82) is 0 Å². The lowest BCUT2D eigenvalue weighted by Crippen LogP contribution is -2.49. The second-order valence-corrected chi connectivity index (χ2v) is 12.0. The lowest BCUT2D eigenvalue weighted by Gasteiger charge is -2.38. The van der Waals surface area contributed by atoms with E-state index in [-0.39, 0.29) is 23.0 Å². The molecular formula is C38H33FN2O3. The van der Waals surface area contributed by atoms with Gasteiger partial charge in [0, 0.05) is 23.0 Å². The van der Waals surface area contributed by atoms with Crippen LogP contribution in [0.2, 0.25) is 0 Å². The molecule has 1 N–H and O–H groups in total. The van der Waals surface area contributed by atoms with Gasteiger partial charge in [0.25, 0.3) is 0 Å². The molecule has 0 saturated carbocycles. The van der Waals surface area contributed by atoms with E-state index < -0.39 is 29.2 Å². The monoisotopic (exact) mass is 584 g/mol. The number of amides is 1. The number of hydrogen-bond donors (Lipinski definition) is 1. The summed E-state index contributed by atoms with van der Waals surface area (Å²) in [4.78, 5) is 45.9. The van der Waals surface area contributed by atoms with Gasteiger partial charge < -0.3 is 10.2 Å². The molecule has 1 saturated heterocycles. The van der Waals surface area contributed by atoms with Crippen LogP contribution in [0.15, 0.2) is 103 Å². The Balaban J connectivity index is 1.44. The number of nitrogens with one attached hydrogen (secondary N) is 1. The quantitative estimate of drug-likeness (QED) is 0.172. The molecular weight excluding hydrogens is 551 g/mol. The van der Waals surface area contributed by atoms with Crippen LogP contribution in [0.3, 0.4) is 0 Å². The molecule has 6 heteroatoms. The minimum Gasteiger partial charge on any atom is -0.358 e. The number of anilines is 1. The number of rotatable bonds is 8. The van der Waals surface area contributed by atoms with Crippen molar-refractivity contribution in [2.24, 2.45) is 5.92 Å². The number of carbonyl (C=O) groups excluding carboxylic acids is 3. The molecule has 0 aliphatic carbocycles. The Morgan fingerprint density at radius 2 is 1.52 bits per heavy atom. The van der Waals surface area contributed by atoms with Crippen LogP contribution in [0.4, 0.5) is 10.1 Å². The Labute approximate surface area is 256 Å². The highest BCUT2D eigenvalue weighted by molar-refractivity contribution is 6.16. The van der Waals surface area contributed by atoms with Gasteiger partial charge in [-0.15, -0.1) is 0 Å². The summed E-state index contributed by atoms with van der Waals surface area (Å²) < 4.78 is 13.9. The number of halogens is 1. The molecule has 3 aliphatic heterocycles. The van der Waals surface area contributed by atoms with Gasteiger partial charge >= 0.3 is 0 Å². The molecule has 44 heavy (non-hydrogen) atoms. The van der Waals surface area contributed by atoms with E-state index in [1.54, 1.807) is 0 Å². The maximum absolute atomic E-state index is 14.9. The predicted octanol–water partition coefficient (Wildman–Crippen LogP) is 7.54. The van der Waals surface area contributed by atoms with Gasteiger partial charge in [0.1, 0.15) is 17.3 Å². The summed E-state index contributed by atoms with van der Waals surface area (Å²) in [6, 6.07) is 26.7. The van der Waals surface area contributed by atoms with E-state index in [9.17, 15) is 18.8 Å². The van der Waals surface area contributed by atoms with Crippen molar-refractivity contribution in [2.75, 3.05) is 5.32 Å². The van der Waals surface area contributed by atoms with Crippen molar-refractivity contribution in [3.63, 3.8) is 0 Å². The fourth-order valence-corrected chi connectivity index (χ4v) is 7.55. The van der Waals surface area contributed by atoms with E-state index in [0.29, 0.717) is 16.8 Å². The second-order valence-electron chi connectivity index (χ2n) is 12.0. The third-order valence-corrected chi connectivity index (χ3v) is 9.56. The number of Topliss-reactive ketones (excluding diaryl/α,β-unsaturated/α-hetero) is 2. The second kappa shape index (κ2) is 11.0. The molecule has 220 valence electrons. The van der Waals surface area contributed by atoms with Crippen LogP contribution in [0.1, 0.15) is 75.2 Å². The maximum atomic E-state index is 14.9. The zero-order chi connectivity index (χ0) is 30.4. The minimum atomic E-state index is -1.39. The zero-order valence-corrected chi connectivity index (χ0v) is 24.5.